The Morgan fingerprint density at radius 2 is 1.72 bits per heavy atom. The molecule has 2 amide bonds. The fraction of sp³-hybridized carbons (Fsp3) is 0.640. The van der Waals surface area contributed by atoms with Crippen molar-refractivity contribution in [3.63, 3.8) is 0 Å². The first-order chi connectivity index (χ1) is 15.2. The van der Waals surface area contributed by atoms with Gasteiger partial charge in [-0.2, -0.15) is 0 Å². The number of amides is 2. The van der Waals surface area contributed by atoms with Crippen molar-refractivity contribution in [2.45, 2.75) is 64.9 Å². The van der Waals surface area contributed by atoms with Crippen molar-refractivity contribution >= 4 is 17.8 Å². The average molecular weight is 444 g/mol. The smallest absolute Gasteiger partial charge is 0.410 e. The van der Waals surface area contributed by atoms with Crippen molar-refractivity contribution in [3.8, 4) is 0 Å². The Balaban J connectivity index is 1.27. The van der Waals surface area contributed by atoms with Crippen LogP contribution in [0.1, 0.15) is 67.9 Å². The number of rotatable bonds is 8. The van der Waals surface area contributed by atoms with Gasteiger partial charge in [-0.1, -0.05) is 12.1 Å². The molecule has 2 aliphatic rings. The largest absolute Gasteiger partial charge is 0.444 e. The van der Waals surface area contributed by atoms with E-state index in [-0.39, 0.29) is 30.6 Å². The summed E-state index contributed by atoms with van der Waals surface area (Å²) in [6, 6.07) is 5.96. The molecule has 0 saturated carbocycles. The molecule has 3 rings (SSSR count). The molecule has 1 aliphatic carbocycles. The minimum absolute atomic E-state index is 0.0395. The number of benzene rings is 1. The normalized spacial score (nSPS) is 16.5. The number of aryl methyl sites for hydroxylation is 2. The van der Waals surface area contributed by atoms with Gasteiger partial charge in [0.05, 0.1) is 0 Å². The summed E-state index contributed by atoms with van der Waals surface area (Å²) in [5, 5.41) is 2.92. The molecule has 1 aromatic rings. The van der Waals surface area contributed by atoms with Crippen molar-refractivity contribution in [2.75, 3.05) is 39.3 Å². The monoisotopic (exact) mass is 443 g/mol. The summed E-state index contributed by atoms with van der Waals surface area (Å²) >= 11 is 0. The number of ketones is 1. The number of hydrogen-bond donors (Lipinski definition) is 1. The van der Waals surface area contributed by atoms with Crippen LogP contribution in [-0.2, 0) is 22.4 Å². The molecule has 1 aromatic carbocycles. The zero-order valence-corrected chi connectivity index (χ0v) is 19.7. The molecular formula is C25H37N3O4. The number of carbonyl (C=O) groups is 3. The van der Waals surface area contributed by atoms with E-state index in [4.69, 9.17) is 4.74 Å². The zero-order valence-electron chi connectivity index (χ0n) is 19.7. The van der Waals surface area contributed by atoms with Gasteiger partial charge in [-0.3, -0.25) is 14.5 Å². The molecule has 176 valence electrons. The highest BCUT2D eigenvalue weighted by atomic mass is 16.6. The van der Waals surface area contributed by atoms with Gasteiger partial charge < -0.3 is 15.0 Å². The third-order valence-corrected chi connectivity index (χ3v) is 6.00. The lowest BCUT2D eigenvalue weighted by Crippen LogP contribution is -2.50. The highest BCUT2D eigenvalue weighted by Crippen LogP contribution is 2.23. The molecule has 1 aliphatic heterocycles. The lowest BCUT2D eigenvalue weighted by atomic mass is 10.0. The highest BCUT2D eigenvalue weighted by molar-refractivity contribution is 5.98. The maximum absolute atomic E-state index is 12.4. The van der Waals surface area contributed by atoms with Gasteiger partial charge in [-0.25, -0.2) is 4.79 Å². The molecule has 1 N–H and O–H groups in total. The Morgan fingerprint density at radius 3 is 2.44 bits per heavy atom. The molecule has 1 fully saturated rings. The topological polar surface area (TPSA) is 79.0 Å². The van der Waals surface area contributed by atoms with E-state index in [9.17, 15) is 14.4 Å². The van der Waals surface area contributed by atoms with Gasteiger partial charge in [0.15, 0.2) is 5.78 Å². The molecule has 0 unspecified atom stereocenters. The van der Waals surface area contributed by atoms with Crippen molar-refractivity contribution in [1.29, 1.82) is 0 Å². The summed E-state index contributed by atoms with van der Waals surface area (Å²) < 4.78 is 5.42. The van der Waals surface area contributed by atoms with E-state index < -0.39 is 5.60 Å². The molecule has 0 aromatic heterocycles. The molecule has 7 heteroatoms. The van der Waals surface area contributed by atoms with E-state index in [1.54, 1.807) is 4.90 Å². The average Bonchev–Trinajstić information content (AvgIpc) is 3.22. The summed E-state index contributed by atoms with van der Waals surface area (Å²) in [6.45, 7) is 10.0. The van der Waals surface area contributed by atoms with E-state index in [1.165, 1.54) is 11.1 Å². The Morgan fingerprint density at radius 1 is 1.00 bits per heavy atom. The van der Waals surface area contributed by atoms with Crippen LogP contribution in [0.25, 0.3) is 0 Å². The summed E-state index contributed by atoms with van der Waals surface area (Å²) in [7, 11) is 0. The van der Waals surface area contributed by atoms with Crippen LogP contribution in [0.4, 0.5) is 4.79 Å². The summed E-state index contributed by atoms with van der Waals surface area (Å²) in [5.41, 5.74) is 2.89. The minimum Gasteiger partial charge on any atom is -0.444 e. The van der Waals surface area contributed by atoms with Gasteiger partial charge in [0.2, 0.25) is 5.91 Å². The number of nitrogens with zero attached hydrogens (tertiary/aromatic N) is 2. The molecule has 7 nitrogen and oxygen atoms in total. The molecule has 1 saturated heterocycles. The molecule has 0 bridgehead atoms. The summed E-state index contributed by atoms with van der Waals surface area (Å²) in [4.78, 5) is 40.7. The van der Waals surface area contributed by atoms with Crippen LogP contribution >= 0.6 is 0 Å². The van der Waals surface area contributed by atoms with Gasteiger partial charge >= 0.3 is 6.09 Å². The first-order valence-electron chi connectivity index (χ1n) is 11.8. The Kier molecular flexibility index (Phi) is 8.29. The summed E-state index contributed by atoms with van der Waals surface area (Å²) in [5.74, 6) is -0.0352. The predicted molar refractivity (Wildman–Crippen MR) is 124 cm³/mol. The van der Waals surface area contributed by atoms with E-state index in [2.05, 4.69) is 16.3 Å². The van der Waals surface area contributed by atoms with Crippen LogP contribution in [0, 0.1) is 0 Å². The second kappa shape index (κ2) is 10.9. The number of hydrogen-bond acceptors (Lipinski definition) is 5. The number of fused-ring (bicyclic) bond motifs is 1. The lowest BCUT2D eigenvalue weighted by Gasteiger charge is -2.35. The van der Waals surface area contributed by atoms with Crippen LogP contribution in [0.2, 0.25) is 0 Å². The molecule has 0 atom stereocenters. The second-order valence-electron chi connectivity index (χ2n) is 9.77. The Labute approximate surface area is 191 Å². The summed E-state index contributed by atoms with van der Waals surface area (Å²) in [6.07, 6.45) is 4.38. The van der Waals surface area contributed by atoms with Crippen LogP contribution in [-0.4, -0.2) is 72.5 Å². The van der Waals surface area contributed by atoms with Gasteiger partial charge in [-0.15, -0.1) is 0 Å². The fourth-order valence-electron chi connectivity index (χ4n) is 4.22. The number of Topliss-reactive ketones (excluding diaryl/α,β-unsaturated/α-hetero) is 1. The lowest BCUT2D eigenvalue weighted by molar-refractivity contribution is -0.121. The molecule has 0 spiro atoms. The van der Waals surface area contributed by atoms with Gasteiger partial charge in [0.1, 0.15) is 5.60 Å². The number of carbonyl (C=O) groups excluding carboxylic acids is 3. The van der Waals surface area contributed by atoms with E-state index >= 15 is 0 Å². The Bertz CT molecular complexity index is 823. The van der Waals surface area contributed by atoms with E-state index in [0.717, 1.165) is 50.9 Å². The molecule has 32 heavy (non-hydrogen) atoms. The first kappa shape index (κ1) is 24.2. The third-order valence-electron chi connectivity index (χ3n) is 6.00. The predicted octanol–water partition coefficient (Wildman–Crippen LogP) is 3.20. The van der Waals surface area contributed by atoms with Crippen molar-refractivity contribution in [3.05, 3.63) is 34.9 Å². The SMILES string of the molecule is CC(C)(C)OC(=O)N1CCN(CCCNC(=O)CCC(=O)c2ccc3c(c2)CCC3)CC1. The number of nitrogens with one attached hydrogen (secondary N) is 1. The van der Waals surface area contributed by atoms with Crippen molar-refractivity contribution in [2.24, 2.45) is 0 Å². The van der Waals surface area contributed by atoms with E-state index in [0.29, 0.717) is 19.6 Å². The first-order valence-corrected chi connectivity index (χ1v) is 11.8. The fourth-order valence-corrected chi connectivity index (χ4v) is 4.22. The maximum Gasteiger partial charge on any atom is 0.410 e. The second-order valence-corrected chi connectivity index (χ2v) is 9.77. The van der Waals surface area contributed by atoms with Gasteiger partial charge in [0.25, 0.3) is 0 Å². The quantitative estimate of drug-likeness (QED) is 0.493. The maximum atomic E-state index is 12.4. The van der Waals surface area contributed by atoms with Crippen LogP contribution < -0.4 is 5.32 Å². The number of piperazine rings is 1. The van der Waals surface area contributed by atoms with Gasteiger partial charge in [0, 0.05) is 51.1 Å². The van der Waals surface area contributed by atoms with Crippen LogP contribution in [0.5, 0.6) is 0 Å². The van der Waals surface area contributed by atoms with Crippen LogP contribution in [0.15, 0.2) is 18.2 Å². The molecule has 0 radical (unpaired) electrons. The highest BCUT2D eigenvalue weighted by Gasteiger charge is 2.25. The van der Waals surface area contributed by atoms with Gasteiger partial charge in [-0.05, 0) is 70.2 Å². The Hall–Kier alpha value is -2.41. The zero-order chi connectivity index (χ0) is 23.1. The van der Waals surface area contributed by atoms with Crippen molar-refractivity contribution < 1.29 is 19.1 Å². The number of ether oxygens (including phenoxy) is 1. The van der Waals surface area contributed by atoms with Crippen molar-refractivity contribution in [1.82, 2.24) is 15.1 Å². The third kappa shape index (κ3) is 7.33. The minimum atomic E-state index is -0.474. The van der Waals surface area contributed by atoms with E-state index in [1.807, 2.05) is 32.9 Å². The van der Waals surface area contributed by atoms with Crippen LogP contribution in [0.3, 0.4) is 0 Å². The molecular weight excluding hydrogens is 406 g/mol. The standard InChI is InChI=1S/C25H37N3O4/c1-25(2,3)32-24(31)28-16-14-27(15-17-28)13-5-12-26-23(30)11-10-22(29)21-9-8-19-6-4-7-20(19)18-21/h8-9,18H,4-7,10-17H2,1-3H3,(H,26,30). The molecule has 1 heterocycles.